The average molecular weight is 288 g/mol. The van der Waals surface area contributed by atoms with Gasteiger partial charge in [-0.25, -0.2) is 0 Å². The van der Waals surface area contributed by atoms with Crippen LogP contribution in [0.4, 0.5) is 0 Å². The van der Waals surface area contributed by atoms with Crippen LogP contribution >= 0.6 is 0 Å². The molecule has 0 aliphatic carbocycles. The first-order valence-electron chi connectivity index (χ1n) is 7.66. The van der Waals surface area contributed by atoms with Crippen LogP contribution in [0.15, 0.2) is 24.3 Å². The van der Waals surface area contributed by atoms with E-state index in [-0.39, 0.29) is 18.3 Å². The van der Waals surface area contributed by atoms with E-state index in [0.29, 0.717) is 6.42 Å². The van der Waals surface area contributed by atoms with Crippen molar-refractivity contribution in [1.29, 1.82) is 0 Å². The SMILES string of the molecule is CCC1(CC)COC(c2ccc(C#CCCO)cc2)OC1. The highest BCUT2D eigenvalue weighted by atomic mass is 16.7. The van der Waals surface area contributed by atoms with Gasteiger partial charge in [-0.1, -0.05) is 37.8 Å². The van der Waals surface area contributed by atoms with Gasteiger partial charge in [-0.3, -0.25) is 0 Å². The Morgan fingerprint density at radius 2 is 1.76 bits per heavy atom. The summed E-state index contributed by atoms with van der Waals surface area (Å²) in [5.74, 6) is 5.93. The van der Waals surface area contributed by atoms with Crippen LogP contribution in [0, 0.1) is 17.3 Å². The molecule has 1 aromatic rings. The maximum absolute atomic E-state index is 8.71. The van der Waals surface area contributed by atoms with E-state index in [2.05, 4.69) is 25.7 Å². The lowest BCUT2D eigenvalue weighted by atomic mass is 9.83. The van der Waals surface area contributed by atoms with Gasteiger partial charge in [0, 0.05) is 23.0 Å². The molecule has 0 saturated carbocycles. The van der Waals surface area contributed by atoms with Gasteiger partial charge in [0.25, 0.3) is 0 Å². The summed E-state index contributed by atoms with van der Waals surface area (Å²) >= 11 is 0. The molecule has 3 heteroatoms. The molecule has 1 aliphatic rings. The lowest BCUT2D eigenvalue weighted by Crippen LogP contribution is -2.37. The minimum Gasteiger partial charge on any atom is -0.395 e. The Bertz CT molecular complexity index is 481. The Morgan fingerprint density at radius 1 is 1.14 bits per heavy atom. The van der Waals surface area contributed by atoms with Crippen molar-refractivity contribution in [3.8, 4) is 11.8 Å². The van der Waals surface area contributed by atoms with Crippen LogP contribution in [-0.4, -0.2) is 24.9 Å². The van der Waals surface area contributed by atoms with Crippen LogP contribution < -0.4 is 0 Å². The molecule has 0 spiro atoms. The van der Waals surface area contributed by atoms with E-state index in [1.165, 1.54) is 0 Å². The molecule has 0 atom stereocenters. The molecule has 0 unspecified atom stereocenters. The zero-order valence-corrected chi connectivity index (χ0v) is 12.9. The molecule has 1 heterocycles. The highest BCUT2D eigenvalue weighted by Crippen LogP contribution is 2.36. The standard InChI is InChI=1S/C18H24O3/c1-3-18(4-2)13-20-17(21-14-18)16-10-8-15(9-11-16)7-5-6-12-19/h8-11,17,19H,3-4,6,12-14H2,1-2H3. The van der Waals surface area contributed by atoms with E-state index >= 15 is 0 Å². The summed E-state index contributed by atoms with van der Waals surface area (Å²) in [5, 5.41) is 8.71. The van der Waals surface area contributed by atoms with Crippen LogP contribution in [0.3, 0.4) is 0 Å². The van der Waals surface area contributed by atoms with E-state index < -0.39 is 0 Å². The fraction of sp³-hybridized carbons (Fsp3) is 0.556. The van der Waals surface area contributed by atoms with Gasteiger partial charge in [-0.2, -0.15) is 0 Å². The monoisotopic (exact) mass is 288 g/mol. The zero-order valence-electron chi connectivity index (χ0n) is 12.9. The molecule has 1 aliphatic heterocycles. The van der Waals surface area contributed by atoms with Gasteiger partial charge in [-0.05, 0) is 25.0 Å². The highest BCUT2D eigenvalue weighted by molar-refractivity contribution is 5.36. The molecule has 1 aromatic carbocycles. The summed E-state index contributed by atoms with van der Waals surface area (Å²) in [7, 11) is 0. The number of hydrogen-bond acceptors (Lipinski definition) is 3. The van der Waals surface area contributed by atoms with Crippen molar-refractivity contribution in [2.45, 2.75) is 39.4 Å². The van der Waals surface area contributed by atoms with Crippen molar-refractivity contribution in [3.63, 3.8) is 0 Å². The van der Waals surface area contributed by atoms with Gasteiger partial charge < -0.3 is 14.6 Å². The van der Waals surface area contributed by atoms with E-state index in [9.17, 15) is 0 Å². The molecule has 2 rings (SSSR count). The fourth-order valence-electron chi connectivity index (χ4n) is 2.39. The molecule has 1 saturated heterocycles. The third kappa shape index (κ3) is 4.07. The van der Waals surface area contributed by atoms with E-state index in [4.69, 9.17) is 14.6 Å². The highest BCUT2D eigenvalue weighted by Gasteiger charge is 2.34. The maximum atomic E-state index is 8.71. The third-order valence-corrected chi connectivity index (χ3v) is 4.23. The molecule has 0 amide bonds. The lowest BCUT2D eigenvalue weighted by Gasteiger charge is -2.39. The van der Waals surface area contributed by atoms with E-state index in [1.54, 1.807) is 0 Å². The van der Waals surface area contributed by atoms with Crippen molar-refractivity contribution in [2.75, 3.05) is 19.8 Å². The van der Waals surface area contributed by atoms with Gasteiger partial charge in [0.05, 0.1) is 19.8 Å². The first-order chi connectivity index (χ1) is 10.2. The van der Waals surface area contributed by atoms with Crippen molar-refractivity contribution < 1.29 is 14.6 Å². The molecule has 114 valence electrons. The Morgan fingerprint density at radius 3 is 2.29 bits per heavy atom. The quantitative estimate of drug-likeness (QED) is 0.864. The summed E-state index contributed by atoms with van der Waals surface area (Å²) in [6.45, 7) is 5.99. The smallest absolute Gasteiger partial charge is 0.183 e. The molecule has 0 aromatic heterocycles. The van der Waals surface area contributed by atoms with Crippen LogP contribution in [0.2, 0.25) is 0 Å². The number of ether oxygens (including phenoxy) is 2. The second-order valence-corrected chi connectivity index (χ2v) is 5.56. The predicted molar refractivity (Wildman–Crippen MR) is 82.7 cm³/mol. The first-order valence-corrected chi connectivity index (χ1v) is 7.66. The molecule has 21 heavy (non-hydrogen) atoms. The van der Waals surface area contributed by atoms with Crippen LogP contribution in [0.5, 0.6) is 0 Å². The van der Waals surface area contributed by atoms with Gasteiger partial charge in [0.15, 0.2) is 6.29 Å². The molecule has 0 bridgehead atoms. The summed E-state index contributed by atoms with van der Waals surface area (Å²) < 4.78 is 11.8. The van der Waals surface area contributed by atoms with Gasteiger partial charge in [0.2, 0.25) is 0 Å². The number of rotatable bonds is 4. The van der Waals surface area contributed by atoms with Crippen molar-refractivity contribution >= 4 is 0 Å². The number of benzene rings is 1. The average Bonchev–Trinajstić information content (AvgIpc) is 2.56. The molecular formula is C18H24O3. The molecule has 0 radical (unpaired) electrons. The molecular weight excluding hydrogens is 264 g/mol. The van der Waals surface area contributed by atoms with Crippen LogP contribution in [0.25, 0.3) is 0 Å². The fourth-order valence-corrected chi connectivity index (χ4v) is 2.39. The van der Waals surface area contributed by atoms with Crippen molar-refractivity contribution in [2.24, 2.45) is 5.41 Å². The molecule has 1 fully saturated rings. The largest absolute Gasteiger partial charge is 0.395 e. The Hall–Kier alpha value is -1.34. The summed E-state index contributed by atoms with van der Waals surface area (Å²) in [4.78, 5) is 0. The van der Waals surface area contributed by atoms with E-state index in [0.717, 1.165) is 37.2 Å². The van der Waals surface area contributed by atoms with Gasteiger partial charge in [-0.15, -0.1) is 0 Å². The number of aliphatic hydroxyl groups is 1. The topological polar surface area (TPSA) is 38.7 Å². The third-order valence-electron chi connectivity index (χ3n) is 4.23. The Labute approximate surface area is 127 Å². The summed E-state index contributed by atoms with van der Waals surface area (Å²) in [6, 6.07) is 7.93. The summed E-state index contributed by atoms with van der Waals surface area (Å²) in [5.41, 5.74) is 2.15. The second-order valence-electron chi connectivity index (χ2n) is 5.56. The number of hydrogen-bond donors (Lipinski definition) is 1. The Kier molecular flexibility index (Phi) is 5.81. The zero-order chi connectivity index (χ0) is 15.1. The Balaban J connectivity index is 1.97. The predicted octanol–water partition coefficient (Wildman–Crippen LogP) is 3.27. The second kappa shape index (κ2) is 7.61. The summed E-state index contributed by atoms with van der Waals surface area (Å²) in [6.07, 6.45) is 2.40. The molecule has 1 N–H and O–H groups in total. The van der Waals surface area contributed by atoms with Crippen LogP contribution in [-0.2, 0) is 9.47 Å². The number of aliphatic hydroxyl groups excluding tert-OH is 1. The maximum Gasteiger partial charge on any atom is 0.183 e. The molecule has 3 nitrogen and oxygen atoms in total. The van der Waals surface area contributed by atoms with Crippen molar-refractivity contribution in [1.82, 2.24) is 0 Å². The lowest BCUT2D eigenvalue weighted by molar-refractivity contribution is -0.235. The van der Waals surface area contributed by atoms with Gasteiger partial charge >= 0.3 is 0 Å². The van der Waals surface area contributed by atoms with Gasteiger partial charge in [0.1, 0.15) is 0 Å². The van der Waals surface area contributed by atoms with E-state index in [1.807, 2.05) is 24.3 Å². The normalized spacial score (nSPS) is 18.0. The minimum atomic E-state index is -0.268. The minimum absolute atomic E-state index is 0.103. The van der Waals surface area contributed by atoms with Crippen LogP contribution in [0.1, 0.15) is 50.5 Å². The first kappa shape index (κ1) is 16.0. The van der Waals surface area contributed by atoms with Crippen molar-refractivity contribution in [3.05, 3.63) is 35.4 Å².